The maximum atomic E-state index is 13.1. The molecule has 0 saturated heterocycles. The maximum Gasteiger partial charge on any atom is 0.290 e. The third-order valence-corrected chi connectivity index (χ3v) is 6.00. The molecule has 0 fully saturated rings. The summed E-state index contributed by atoms with van der Waals surface area (Å²) >= 11 is 2.72. The molecule has 2 aromatic heterocycles. The van der Waals surface area contributed by atoms with E-state index in [1.165, 1.54) is 27.6 Å². The predicted molar refractivity (Wildman–Crippen MR) is 96.2 cm³/mol. The molecular weight excluding hydrogens is 360 g/mol. The Morgan fingerprint density at radius 3 is 2.76 bits per heavy atom. The molecule has 1 amide bonds. The Morgan fingerprint density at radius 2 is 2.20 bits per heavy atom. The Labute approximate surface area is 153 Å². The number of aromatic nitrogens is 1. The number of thiazole rings is 1. The van der Waals surface area contributed by atoms with Gasteiger partial charge in [0.2, 0.25) is 5.78 Å². The number of Topliss-reactive ketones (excluding diaryl/α,β-unsaturated/α-hetero) is 1. The average Bonchev–Trinajstić information content (AvgIpc) is 3.26. The Hall–Kier alpha value is -2.03. The van der Waals surface area contributed by atoms with E-state index in [0.717, 1.165) is 9.88 Å². The first kappa shape index (κ1) is 17.8. The van der Waals surface area contributed by atoms with Crippen LogP contribution in [-0.2, 0) is 9.53 Å². The lowest BCUT2D eigenvalue weighted by Gasteiger charge is -2.25. The fourth-order valence-electron chi connectivity index (χ4n) is 2.91. The van der Waals surface area contributed by atoms with Gasteiger partial charge in [-0.05, 0) is 25.3 Å². The third-order valence-electron chi connectivity index (χ3n) is 4.01. The molecule has 6 nitrogen and oxygen atoms in total. The molecule has 8 heteroatoms. The number of nitrogens with zero attached hydrogens (tertiary/aromatic N) is 2. The monoisotopic (exact) mass is 378 g/mol. The first-order valence-electron chi connectivity index (χ1n) is 7.70. The van der Waals surface area contributed by atoms with Crippen molar-refractivity contribution in [2.24, 2.45) is 0 Å². The van der Waals surface area contributed by atoms with Crippen LogP contribution in [0.3, 0.4) is 0 Å². The number of aryl methyl sites for hydroxylation is 2. The molecule has 0 aliphatic carbocycles. The summed E-state index contributed by atoms with van der Waals surface area (Å²) in [6.45, 7) is 4.19. The molecule has 0 aromatic carbocycles. The molecule has 1 N–H and O–H groups in total. The smallest absolute Gasteiger partial charge is 0.290 e. The molecule has 1 atom stereocenters. The summed E-state index contributed by atoms with van der Waals surface area (Å²) in [7, 11) is 1.55. The van der Waals surface area contributed by atoms with Crippen LogP contribution >= 0.6 is 22.7 Å². The first-order chi connectivity index (χ1) is 12.0. The van der Waals surface area contributed by atoms with Crippen LogP contribution in [-0.4, -0.2) is 46.9 Å². The molecule has 3 heterocycles. The second kappa shape index (κ2) is 7.07. The number of ketones is 1. The minimum absolute atomic E-state index is 0.121. The van der Waals surface area contributed by atoms with Gasteiger partial charge in [-0.2, -0.15) is 0 Å². The van der Waals surface area contributed by atoms with Gasteiger partial charge < -0.3 is 14.7 Å². The number of hydrogen-bond acceptors (Lipinski definition) is 7. The van der Waals surface area contributed by atoms with E-state index in [1.54, 1.807) is 14.0 Å². The highest BCUT2D eigenvalue weighted by atomic mass is 32.1. The van der Waals surface area contributed by atoms with E-state index in [1.807, 2.05) is 24.4 Å². The molecule has 1 unspecified atom stereocenters. The standard InChI is InChI=1S/C17H18N2O4S2/c1-9-16(25-10(2)18-9)14(20)12-13(11-5-4-8-24-11)19(6-7-23-3)17(22)15(12)21/h4-5,8,13,21H,6-7H2,1-3H3. The van der Waals surface area contributed by atoms with Crippen molar-refractivity contribution < 1.29 is 19.4 Å². The van der Waals surface area contributed by atoms with E-state index < -0.39 is 17.7 Å². The van der Waals surface area contributed by atoms with E-state index in [4.69, 9.17) is 4.74 Å². The summed E-state index contributed by atoms with van der Waals surface area (Å²) in [4.78, 5) is 32.7. The molecule has 0 spiro atoms. The van der Waals surface area contributed by atoms with Crippen molar-refractivity contribution in [3.63, 3.8) is 0 Å². The fourth-order valence-corrected chi connectivity index (χ4v) is 4.63. The highest BCUT2D eigenvalue weighted by molar-refractivity contribution is 7.14. The summed E-state index contributed by atoms with van der Waals surface area (Å²) in [6.07, 6.45) is 0. The van der Waals surface area contributed by atoms with Crippen LogP contribution in [0, 0.1) is 13.8 Å². The van der Waals surface area contributed by atoms with Crippen molar-refractivity contribution >= 4 is 34.4 Å². The number of aliphatic hydroxyl groups excluding tert-OH is 1. The number of hydrogen-bond donors (Lipinski definition) is 1. The number of aliphatic hydroxyl groups is 1. The quantitative estimate of drug-likeness (QED) is 0.782. The van der Waals surface area contributed by atoms with Gasteiger partial charge in [0, 0.05) is 18.5 Å². The van der Waals surface area contributed by atoms with Crippen molar-refractivity contribution in [3.05, 3.63) is 49.3 Å². The molecular formula is C17H18N2O4S2. The zero-order valence-electron chi connectivity index (χ0n) is 14.1. The molecule has 2 aromatic rings. The lowest BCUT2D eigenvalue weighted by atomic mass is 10.0. The van der Waals surface area contributed by atoms with Crippen molar-refractivity contribution in [1.82, 2.24) is 9.88 Å². The van der Waals surface area contributed by atoms with Crippen molar-refractivity contribution in [2.45, 2.75) is 19.9 Å². The van der Waals surface area contributed by atoms with Crippen LogP contribution in [0.1, 0.15) is 31.3 Å². The van der Waals surface area contributed by atoms with Gasteiger partial charge in [-0.3, -0.25) is 9.59 Å². The van der Waals surface area contributed by atoms with E-state index in [2.05, 4.69) is 4.98 Å². The zero-order valence-corrected chi connectivity index (χ0v) is 15.7. The van der Waals surface area contributed by atoms with Gasteiger partial charge in [-0.25, -0.2) is 4.98 Å². The summed E-state index contributed by atoms with van der Waals surface area (Å²) in [5, 5.41) is 13.1. The van der Waals surface area contributed by atoms with E-state index in [-0.39, 0.29) is 11.4 Å². The van der Waals surface area contributed by atoms with Crippen LogP contribution in [0.25, 0.3) is 0 Å². The fraction of sp³-hybridized carbons (Fsp3) is 0.353. The molecule has 1 aliphatic heterocycles. The normalized spacial score (nSPS) is 17.6. The van der Waals surface area contributed by atoms with E-state index in [0.29, 0.717) is 23.7 Å². The number of ether oxygens (including phenoxy) is 1. The van der Waals surface area contributed by atoms with Gasteiger partial charge in [-0.15, -0.1) is 22.7 Å². The highest BCUT2D eigenvalue weighted by Crippen LogP contribution is 2.41. The van der Waals surface area contributed by atoms with Crippen molar-refractivity contribution in [1.29, 1.82) is 0 Å². The molecule has 0 radical (unpaired) electrons. The Kier molecular flexibility index (Phi) is 5.03. The lowest BCUT2D eigenvalue weighted by molar-refractivity contribution is -0.130. The number of thiophene rings is 1. The van der Waals surface area contributed by atoms with E-state index in [9.17, 15) is 14.7 Å². The number of carbonyl (C=O) groups excluding carboxylic acids is 2. The summed E-state index contributed by atoms with van der Waals surface area (Å²) in [6, 6.07) is 3.12. The van der Waals surface area contributed by atoms with Gasteiger partial charge >= 0.3 is 0 Å². The minimum Gasteiger partial charge on any atom is -0.503 e. The number of amides is 1. The van der Waals surface area contributed by atoms with Crippen LogP contribution in [0.5, 0.6) is 0 Å². The number of methoxy groups -OCH3 is 1. The maximum absolute atomic E-state index is 13.1. The number of rotatable bonds is 6. The Balaban J connectivity index is 2.06. The first-order valence-corrected chi connectivity index (χ1v) is 9.40. The zero-order chi connectivity index (χ0) is 18.1. The van der Waals surface area contributed by atoms with Crippen LogP contribution in [0.4, 0.5) is 0 Å². The largest absolute Gasteiger partial charge is 0.503 e. The van der Waals surface area contributed by atoms with E-state index >= 15 is 0 Å². The second-order valence-corrected chi connectivity index (χ2v) is 7.83. The highest BCUT2D eigenvalue weighted by Gasteiger charge is 2.44. The summed E-state index contributed by atoms with van der Waals surface area (Å²) in [5.41, 5.74) is 0.732. The molecule has 1 aliphatic rings. The average molecular weight is 378 g/mol. The summed E-state index contributed by atoms with van der Waals surface area (Å²) < 4.78 is 5.07. The predicted octanol–water partition coefficient (Wildman–Crippen LogP) is 3.05. The Morgan fingerprint density at radius 1 is 1.44 bits per heavy atom. The van der Waals surface area contributed by atoms with Crippen LogP contribution in [0.2, 0.25) is 0 Å². The SMILES string of the molecule is COCCN1C(=O)C(O)=C(C(=O)c2sc(C)nc2C)C1c1cccs1. The topological polar surface area (TPSA) is 79.7 Å². The minimum atomic E-state index is -0.600. The van der Waals surface area contributed by atoms with Crippen LogP contribution < -0.4 is 0 Å². The van der Waals surface area contributed by atoms with Gasteiger partial charge in [0.25, 0.3) is 5.91 Å². The van der Waals surface area contributed by atoms with Gasteiger partial charge in [0.1, 0.15) is 0 Å². The molecule has 0 saturated carbocycles. The number of carbonyl (C=O) groups is 2. The van der Waals surface area contributed by atoms with Crippen molar-refractivity contribution in [3.8, 4) is 0 Å². The molecule has 25 heavy (non-hydrogen) atoms. The lowest BCUT2D eigenvalue weighted by Crippen LogP contribution is -2.33. The van der Waals surface area contributed by atoms with Gasteiger partial charge in [-0.1, -0.05) is 6.07 Å². The molecule has 0 bridgehead atoms. The van der Waals surface area contributed by atoms with Gasteiger partial charge in [0.05, 0.1) is 33.8 Å². The molecule has 3 rings (SSSR count). The van der Waals surface area contributed by atoms with Crippen LogP contribution in [0.15, 0.2) is 28.8 Å². The molecule has 132 valence electrons. The van der Waals surface area contributed by atoms with Gasteiger partial charge in [0.15, 0.2) is 5.76 Å². The third kappa shape index (κ3) is 3.12. The van der Waals surface area contributed by atoms with Crippen molar-refractivity contribution in [2.75, 3.05) is 20.3 Å². The second-order valence-electron chi connectivity index (χ2n) is 5.65. The Bertz CT molecular complexity index is 839. The summed E-state index contributed by atoms with van der Waals surface area (Å²) in [5.74, 6) is -1.37.